The van der Waals surface area contributed by atoms with Crippen LogP contribution in [-0.2, 0) is 23.9 Å². The number of nitrogens with one attached hydrogen (secondary N) is 1. The smallest absolute Gasteiger partial charge is 0.320 e. The van der Waals surface area contributed by atoms with Crippen molar-refractivity contribution in [3.05, 3.63) is 42.1 Å². The average Bonchev–Trinajstić information content (AvgIpc) is 2.70. The number of fused-ring (bicyclic) bond motifs is 1. The Morgan fingerprint density at radius 1 is 1.04 bits per heavy atom. The lowest BCUT2D eigenvalue weighted by molar-refractivity contribution is -0.161. The fourth-order valence-electron chi connectivity index (χ4n) is 2.94. The number of carbonyl (C=O) groups excluding carboxylic acids is 4. The fraction of sp³-hybridized carbons (Fsp3) is 0.316. The van der Waals surface area contributed by atoms with Crippen LogP contribution in [-0.4, -0.2) is 49.0 Å². The van der Waals surface area contributed by atoms with Crippen molar-refractivity contribution in [1.82, 2.24) is 10.3 Å². The minimum atomic E-state index is -1.43. The average molecular weight is 387 g/mol. The van der Waals surface area contributed by atoms with Crippen molar-refractivity contribution in [3.63, 3.8) is 0 Å². The zero-order valence-corrected chi connectivity index (χ0v) is 15.7. The third-order valence-corrected chi connectivity index (χ3v) is 4.43. The molecule has 9 heteroatoms. The summed E-state index contributed by atoms with van der Waals surface area (Å²) in [5.41, 5.74) is 6.09. The van der Waals surface area contributed by atoms with Crippen molar-refractivity contribution < 1.29 is 28.7 Å². The Balaban J connectivity index is 2.35. The molecule has 0 saturated carbocycles. The van der Waals surface area contributed by atoms with Gasteiger partial charge in [-0.25, -0.2) is 0 Å². The lowest BCUT2D eigenvalue weighted by Gasteiger charge is -2.26. The van der Waals surface area contributed by atoms with Gasteiger partial charge in [-0.1, -0.05) is 25.1 Å². The minimum absolute atomic E-state index is 0.226. The molecule has 0 aliphatic heterocycles. The van der Waals surface area contributed by atoms with E-state index in [2.05, 4.69) is 19.8 Å². The molecule has 0 saturated heterocycles. The summed E-state index contributed by atoms with van der Waals surface area (Å²) in [6.45, 7) is 1.43. The molecule has 2 aromatic rings. The molecule has 0 fully saturated rings. The van der Waals surface area contributed by atoms with Gasteiger partial charge in [0, 0.05) is 17.5 Å². The molecular formula is C19H21N3O6. The highest BCUT2D eigenvalue weighted by atomic mass is 16.5. The van der Waals surface area contributed by atoms with E-state index in [1.54, 1.807) is 30.3 Å². The van der Waals surface area contributed by atoms with Crippen molar-refractivity contribution in [2.75, 3.05) is 14.2 Å². The van der Waals surface area contributed by atoms with E-state index in [4.69, 9.17) is 5.73 Å². The van der Waals surface area contributed by atoms with E-state index in [-0.39, 0.29) is 5.56 Å². The van der Waals surface area contributed by atoms with Crippen LogP contribution in [0.2, 0.25) is 0 Å². The van der Waals surface area contributed by atoms with Crippen molar-refractivity contribution in [2.45, 2.75) is 13.0 Å². The molecule has 148 valence electrons. The van der Waals surface area contributed by atoms with Crippen LogP contribution in [0.3, 0.4) is 0 Å². The quantitative estimate of drug-likeness (QED) is 0.518. The Bertz CT molecular complexity index is 892. The highest BCUT2D eigenvalue weighted by Gasteiger charge is 2.41. The molecule has 0 aliphatic carbocycles. The van der Waals surface area contributed by atoms with E-state index in [0.29, 0.717) is 5.52 Å². The van der Waals surface area contributed by atoms with Gasteiger partial charge in [-0.3, -0.25) is 24.2 Å². The zero-order valence-electron chi connectivity index (χ0n) is 15.7. The summed E-state index contributed by atoms with van der Waals surface area (Å²) < 4.78 is 9.24. The predicted octanol–water partition coefficient (Wildman–Crippen LogP) is 0.417. The molecule has 1 heterocycles. The van der Waals surface area contributed by atoms with Crippen LogP contribution in [0.1, 0.15) is 17.3 Å². The second-order valence-electron chi connectivity index (χ2n) is 6.12. The number of benzene rings is 1. The first kappa shape index (κ1) is 20.8. The second-order valence-corrected chi connectivity index (χ2v) is 6.12. The number of aromatic nitrogens is 1. The molecule has 1 aromatic carbocycles. The Labute approximate surface area is 161 Å². The normalized spacial score (nSPS) is 12.9. The number of hydrogen-bond acceptors (Lipinski definition) is 7. The Kier molecular flexibility index (Phi) is 6.64. The lowest BCUT2D eigenvalue weighted by Crippen LogP contribution is -2.52. The van der Waals surface area contributed by atoms with Gasteiger partial charge in [-0.05, 0) is 12.1 Å². The Morgan fingerprint density at radius 3 is 2.21 bits per heavy atom. The standard InChI is InChI=1S/C19H21N3O6/c1-10(13(18(25)27-2)19(26)28-3)14(16(20)23)22-17(24)12-8-4-6-11-7-5-9-21-15(11)12/h4-10,13-14H,1-3H3,(H2,20,23)(H,22,24)/t10-,14-/m0/s1. The number of esters is 2. The highest BCUT2D eigenvalue weighted by molar-refractivity contribution is 6.07. The van der Waals surface area contributed by atoms with Gasteiger partial charge < -0.3 is 20.5 Å². The molecule has 0 unspecified atom stereocenters. The van der Waals surface area contributed by atoms with Crippen LogP contribution in [0.5, 0.6) is 0 Å². The van der Waals surface area contributed by atoms with Gasteiger partial charge in [0.2, 0.25) is 5.91 Å². The summed E-state index contributed by atoms with van der Waals surface area (Å²) in [4.78, 5) is 53.0. The third kappa shape index (κ3) is 4.25. The summed E-state index contributed by atoms with van der Waals surface area (Å²) in [6, 6.07) is 7.21. The lowest BCUT2D eigenvalue weighted by atomic mass is 9.86. The van der Waals surface area contributed by atoms with E-state index in [1.807, 2.05) is 0 Å². The highest BCUT2D eigenvalue weighted by Crippen LogP contribution is 2.21. The summed E-state index contributed by atoms with van der Waals surface area (Å²) in [5.74, 6) is -5.76. The summed E-state index contributed by atoms with van der Waals surface area (Å²) >= 11 is 0. The fourth-order valence-corrected chi connectivity index (χ4v) is 2.94. The number of amides is 2. The van der Waals surface area contributed by atoms with E-state index < -0.39 is 41.6 Å². The molecule has 0 radical (unpaired) electrons. The number of para-hydroxylation sites is 1. The van der Waals surface area contributed by atoms with Gasteiger partial charge in [0.05, 0.1) is 25.3 Å². The van der Waals surface area contributed by atoms with Gasteiger partial charge in [-0.2, -0.15) is 0 Å². The summed E-state index contributed by atoms with van der Waals surface area (Å²) in [6.07, 6.45) is 1.54. The van der Waals surface area contributed by atoms with Crippen LogP contribution < -0.4 is 11.1 Å². The van der Waals surface area contributed by atoms with E-state index in [9.17, 15) is 19.2 Å². The zero-order chi connectivity index (χ0) is 20.8. The monoisotopic (exact) mass is 387 g/mol. The van der Waals surface area contributed by atoms with Crippen molar-refractivity contribution in [1.29, 1.82) is 0 Å². The molecule has 28 heavy (non-hydrogen) atoms. The molecule has 0 spiro atoms. The second kappa shape index (κ2) is 8.94. The number of ether oxygens (including phenoxy) is 2. The number of carbonyl (C=O) groups is 4. The van der Waals surface area contributed by atoms with Crippen LogP contribution in [0.15, 0.2) is 36.5 Å². The Hall–Kier alpha value is -3.49. The van der Waals surface area contributed by atoms with Crippen molar-refractivity contribution in [3.8, 4) is 0 Å². The molecule has 2 atom stereocenters. The van der Waals surface area contributed by atoms with Crippen LogP contribution in [0.25, 0.3) is 10.9 Å². The van der Waals surface area contributed by atoms with E-state index in [1.165, 1.54) is 13.1 Å². The van der Waals surface area contributed by atoms with Gasteiger partial charge in [0.25, 0.3) is 5.91 Å². The number of hydrogen-bond donors (Lipinski definition) is 2. The van der Waals surface area contributed by atoms with E-state index >= 15 is 0 Å². The summed E-state index contributed by atoms with van der Waals surface area (Å²) in [7, 11) is 2.20. The maximum Gasteiger partial charge on any atom is 0.320 e. The first-order valence-corrected chi connectivity index (χ1v) is 8.41. The van der Waals surface area contributed by atoms with E-state index in [0.717, 1.165) is 19.6 Å². The number of pyridine rings is 1. The van der Waals surface area contributed by atoms with Crippen molar-refractivity contribution in [2.24, 2.45) is 17.6 Å². The number of nitrogens with two attached hydrogens (primary N) is 1. The first-order chi connectivity index (χ1) is 13.3. The number of rotatable bonds is 7. The molecule has 9 nitrogen and oxygen atoms in total. The minimum Gasteiger partial charge on any atom is -0.468 e. The molecule has 2 amide bonds. The molecule has 0 bridgehead atoms. The Morgan fingerprint density at radius 2 is 1.64 bits per heavy atom. The van der Waals surface area contributed by atoms with Gasteiger partial charge in [0.15, 0.2) is 5.92 Å². The molecular weight excluding hydrogens is 366 g/mol. The van der Waals surface area contributed by atoms with Crippen LogP contribution in [0.4, 0.5) is 0 Å². The van der Waals surface area contributed by atoms with Gasteiger partial charge in [-0.15, -0.1) is 0 Å². The van der Waals surface area contributed by atoms with Gasteiger partial charge in [0.1, 0.15) is 6.04 Å². The third-order valence-electron chi connectivity index (χ3n) is 4.43. The maximum atomic E-state index is 12.8. The van der Waals surface area contributed by atoms with Crippen LogP contribution in [0, 0.1) is 11.8 Å². The topological polar surface area (TPSA) is 138 Å². The first-order valence-electron chi connectivity index (χ1n) is 8.41. The number of methoxy groups -OCH3 is 2. The van der Waals surface area contributed by atoms with Crippen molar-refractivity contribution >= 4 is 34.7 Å². The molecule has 0 aliphatic rings. The number of primary amides is 1. The number of nitrogens with zero attached hydrogens (tertiary/aromatic N) is 1. The maximum absolute atomic E-state index is 12.8. The SMILES string of the molecule is COC(=O)C(C(=O)OC)[C@H](C)[C@H](NC(=O)c1cccc2cccnc12)C(N)=O. The van der Waals surface area contributed by atoms with Crippen LogP contribution >= 0.6 is 0 Å². The largest absolute Gasteiger partial charge is 0.468 e. The van der Waals surface area contributed by atoms with Gasteiger partial charge >= 0.3 is 11.9 Å². The molecule has 3 N–H and O–H groups in total. The molecule has 2 rings (SSSR count). The molecule has 1 aromatic heterocycles. The predicted molar refractivity (Wildman–Crippen MR) is 98.9 cm³/mol. The summed E-state index contributed by atoms with van der Waals surface area (Å²) in [5, 5.41) is 3.23.